The van der Waals surface area contributed by atoms with Gasteiger partial charge in [0.1, 0.15) is 12.1 Å². The van der Waals surface area contributed by atoms with Crippen LogP contribution in [-0.2, 0) is 29.1 Å². The lowest BCUT2D eigenvalue weighted by molar-refractivity contribution is -0.145. The summed E-state index contributed by atoms with van der Waals surface area (Å²) in [7, 11) is 3.10. The third-order valence-electron chi connectivity index (χ3n) is 6.52. The van der Waals surface area contributed by atoms with E-state index in [9.17, 15) is 14.4 Å². The minimum absolute atomic E-state index is 0.156. The van der Waals surface area contributed by atoms with Crippen molar-refractivity contribution in [3.63, 3.8) is 0 Å². The Morgan fingerprint density at radius 1 is 1.00 bits per heavy atom. The highest BCUT2D eigenvalue weighted by Crippen LogP contribution is 2.36. The molecular formula is C25H29N3O5. The Morgan fingerprint density at radius 3 is 2.21 bits per heavy atom. The summed E-state index contributed by atoms with van der Waals surface area (Å²) < 4.78 is 10.8. The van der Waals surface area contributed by atoms with E-state index in [0.717, 1.165) is 16.7 Å². The van der Waals surface area contributed by atoms with Gasteiger partial charge in [0.05, 0.1) is 14.2 Å². The maximum atomic E-state index is 13.9. The Kier molecular flexibility index (Phi) is 6.01. The molecule has 0 spiro atoms. The van der Waals surface area contributed by atoms with Gasteiger partial charge in [-0.15, -0.1) is 0 Å². The number of benzene rings is 2. The van der Waals surface area contributed by atoms with Crippen LogP contribution >= 0.6 is 0 Å². The summed E-state index contributed by atoms with van der Waals surface area (Å²) in [4.78, 5) is 42.6. The normalized spacial score (nSPS) is 18.1. The van der Waals surface area contributed by atoms with Crippen molar-refractivity contribution in [2.24, 2.45) is 11.7 Å². The molecule has 33 heavy (non-hydrogen) atoms. The third-order valence-corrected chi connectivity index (χ3v) is 6.52. The van der Waals surface area contributed by atoms with E-state index in [4.69, 9.17) is 15.2 Å². The number of hydrogen-bond acceptors (Lipinski definition) is 5. The molecule has 4 rings (SSSR count). The van der Waals surface area contributed by atoms with Gasteiger partial charge in [-0.3, -0.25) is 14.4 Å². The number of nitrogens with zero attached hydrogens (tertiary/aromatic N) is 2. The van der Waals surface area contributed by atoms with Gasteiger partial charge in [0.25, 0.3) is 5.91 Å². The maximum absolute atomic E-state index is 13.9. The van der Waals surface area contributed by atoms with Gasteiger partial charge in [-0.2, -0.15) is 0 Å². The van der Waals surface area contributed by atoms with Gasteiger partial charge >= 0.3 is 0 Å². The van der Waals surface area contributed by atoms with E-state index in [0.29, 0.717) is 23.6 Å². The largest absolute Gasteiger partial charge is 0.493 e. The molecule has 2 aliphatic rings. The number of ether oxygens (including phenoxy) is 2. The predicted octanol–water partition coefficient (Wildman–Crippen LogP) is 2.12. The molecule has 0 saturated carbocycles. The van der Waals surface area contributed by atoms with Crippen LogP contribution in [0.5, 0.6) is 11.5 Å². The standard InChI is InChI=1S/C25H29N3O5/c1-14(2)22(28-12-15-7-5-6-8-18(15)24(28)30)25(31)27-13-17-11-21(33-4)20(32-3)10-16(17)9-19(27)23(26)29/h5-8,10-11,14,19,22H,9,12-13H2,1-4H3,(H2,26,29). The maximum Gasteiger partial charge on any atom is 0.255 e. The second kappa shape index (κ2) is 8.77. The van der Waals surface area contributed by atoms with Crippen LogP contribution < -0.4 is 15.2 Å². The number of carbonyl (C=O) groups is 3. The average Bonchev–Trinajstić information content (AvgIpc) is 3.13. The Bertz CT molecular complexity index is 1110. The third kappa shape index (κ3) is 3.90. The Hall–Kier alpha value is -3.55. The smallest absolute Gasteiger partial charge is 0.255 e. The summed E-state index contributed by atoms with van der Waals surface area (Å²) in [5, 5.41) is 0. The molecule has 174 valence electrons. The van der Waals surface area contributed by atoms with Crippen LogP contribution in [-0.4, -0.2) is 53.8 Å². The van der Waals surface area contributed by atoms with Gasteiger partial charge in [0.15, 0.2) is 11.5 Å². The molecular weight excluding hydrogens is 422 g/mol. The van der Waals surface area contributed by atoms with Gasteiger partial charge in [-0.25, -0.2) is 0 Å². The first-order chi connectivity index (χ1) is 15.8. The fraction of sp³-hybridized carbons (Fsp3) is 0.400. The molecule has 0 radical (unpaired) electrons. The van der Waals surface area contributed by atoms with E-state index in [1.807, 2.05) is 44.2 Å². The van der Waals surface area contributed by atoms with Crippen molar-refractivity contribution < 1.29 is 23.9 Å². The summed E-state index contributed by atoms with van der Waals surface area (Å²) in [6.07, 6.45) is 0.274. The Balaban J connectivity index is 1.69. The predicted molar refractivity (Wildman–Crippen MR) is 122 cm³/mol. The first-order valence-electron chi connectivity index (χ1n) is 11.0. The SMILES string of the molecule is COc1cc2c(cc1OC)CN(C(=O)C(C(C)C)N1Cc3ccccc3C1=O)C(C(N)=O)C2. The Labute approximate surface area is 193 Å². The number of amides is 3. The molecule has 0 saturated heterocycles. The molecule has 2 aromatic carbocycles. The molecule has 2 aromatic rings. The van der Waals surface area contributed by atoms with E-state index in [2.05, 4.69) is 0 Å². The van der Waals surface area contributed by atoms with E-state index in [1.54, 1.807) is 25.2 Å². The van der Waals surface area contributed by atoms with E-state index < -0.39 is 18.0 Å². The molecule has 8 heteroatoms. The van der Waals surface area contributed by atoms with Crippen molar-refractivity contribution in [3.8, 4) is 11.5 Å². The van der Waals surface area contributed by atoms with E-state index in [-0.39, 0.29) is 30.7 Å². The van der Waals surface area contributed by atoms with Gasteiger partial charge in [0.2, 0.25) is 11.8 Å². The number of rotatable bonds is 6. The highest BCUT2D eigenvalue weighted by molar-refractivity contribution is 6.01. The summed E-state index contributed by atoms with van der Waals surface area (Å²) in [6.45, 7) is 4.37. The van der Waals surface area contributed by atoms with Crippen LogP contribution in [0.2, 0.25) is 0 Å². The van der Waals surface area contributed by atoms with Crippen LogP contribution in [0.3, 0.4) is 0 Å². The van der Waals surface area contributed by atoms with Crippen molar-refractivity contribution in [2.45, 2.75) is 45.4 Å². The minimum atomic E-state index is -0.815. The molecule has 2 aliphatic heterocycles. The average molecular weight is 452 g/mol. The zero-order chi connectivity index (χ0) is 23.9. The fourth-order valence-electron chi connectivity index (χ4n) is 4.85. The fourth-order valence-corrected chi connectivity index (χ4v) is 4.85. The van der Waals surface area contributed by atoms with Crippen molar-refractivity contribution >= 4 is 17.7 Å². The lowest BCUT2D eigenvalue weighted by atomic mass is 9.91. The molecule has 2 N–H and O–H groups in total. The summed E-state index contributed by atoms with van der Waals surface area (Å²) in [5.41, 5.74) is 8.99. The lowest BCUT2D eigenvalue weighted by Gasteiger charge is -2.40. The molecule has 0 aliphatic carbocycles. The second-order valence-electron chi connectivity index (χ2n) is 8.84. The number of carbonyl (C=O) groups excluding carboxylic acids is 3. The zero-order valence-electron chi connectivity index (χ0n) is 19.3. The van der Waals surface area contributed by atoms with Gasteiger partial charge in [-0.05, 0) is 40.8 Å². The highest BCUT2D eigenvalue weighted by atomic mass is 16.5. The molecule has 0 fully saturated rings. The molecule has 2 heterocycles. The van der Waals surface area contributed by atoms with Crippen molar-refractivity contribution in [3.05, 3.63) is 58.7 Å². The zero-order valence-corrected chi connectivity index (χ0v) is 19.3. The molecule has 8 nitrogen and oxygen atoms in total. The minimum Gasteiger partial charge on any atom is -0.493 e. The first kappa shape index (κ1) is 22.6. The number of hydrogen-bond donors (Lipinski definition) is 1. The van der Waals surface area contributed by atoms with Crippen LogP contribution in [0.25, 0.3) is 0 Å². The van der Waals surface area contributed by atoms with E-state index in [1.165, 1.54) is 4.90 Å². The van der Waals surface area contributed by atoms with Gasteiger partial charge in [0, 0.05) is 25.1 Å². The molecule has 2 atom stereocenters. The number of primary amides is 1. The van der Waals surface area contributed by atoms with Crippen molar-refractivity contribution in [2.75, 3.05) is 14.2 Å². The number of methoxy groups -OCH3 is 2. The quantitative estimate of drug-likeness (QED) is 0.725. The van der Waals surface area contributed by atoms with Crippen molar-refractivity contribution in [1.29, 1.82) is 0 Å². The highest BCUT2D eigenvalue weighted by Gasteiger charge is 2.43. The topological polar surface area (TPSA) is 102 Å². The van der Waals surface area contributed by atoms with Gasteiger partial charge in [-0.1, -0.05) is 32.0 Å². The monoisotopic (exact) mass is 451 g/mol. The van der Waals surface area contributed by atoms with Crippen LogP contribution in [0.1, 0.15) is 40.9 Å². The number of fused-ring (bicyclic) bond motifs is 2. The molecule has 2 unspecified atom stereocenters. The number of nitrogens with two attached hydrogens (primary N) is 1. The molecule has 3 amide bonds. The molecule has 0 bridgehead atoms. The Morgan fingerprint density at radius 2 is 1.64 bits per heavy atom. The van der Waals surface area contributed by atoms with Crippen molar-refractivity contribution in [1.82, 2.24) is 9.80 Å². The van der Waals surface area contributed by atoms with Crippen LogP contribution in [0, 0.1) is 5.92 Å². The summed E-state index contributed by atoms with van der Waals surface area (Å²) in [5.74, 6) is -0.0858. The summed E-state index contributed by atoms with van der Waals surface area (Å²) in [6, 6.07) is 9.50. The van der Waals surface area contributed by atoms with Gasteiger partial charge < -0.3 is 25.0 Å². The van der Waals surface area contributed by atoms with Crippen LogP contribution in [0.4, 0.5) is 0 Å². The lowest BCUT2D eigenvalue weighted by Crippen LogP contribution is -2.58. The first-order valence-corrected chi connectivity index (χ1v) is 11.0. The van der Waals surface area contributed by atoms with E-state index >= 15 is 0 Å². The van der Waals surface area contributed by atoms with Crippen LogP contribution in [0.15, 0.2) is 36.4 Å². The molecule has 0 aromatic heterocycles. The summed E-state index contributed by atoms with van der Waals surface area (Å²) >= 11 is 0. The second-order valence-corrected chi connectivity index (χ2v) is 8.84.